The van der Waals surface area contributed by atoms with Crippen molar-refractivity contribution in [1.82, 2.24) is 4.90 Å². The molecule has 108 valence electrons. The van der Waals surface area contributed by atoms with Gasteiger partial charge in [-0.05, 0) is 52.8 Å². The van der Waals surface area contributed by atoms with Crippen molar-refractivity contribution in [3.05, 3.63) is 54.8 Å². The molecule has 1 aromatic heterocycles. The first-order chi connectivity index (χ1) is 9.51. The van der Waals surface area contributed by atoms with E-state index in [1.807, 2.05) is 7.05 Å². The van der Waals surface area contributed by atoms with Crippen molar-refractivity contribution in [3.63, 3.8) is 0 Å². The van der Waals surface area contributed by atoms with Gasteiger partial charge in [-0.15, -0.1) is 11.3 Å². The molecule has 1 aromatic carbocycles. The largest absolute Gasteiger partial charge is 0.329 e. The predicted molar refractivity (Wildman–Crippen MR) is 89.4 cm³/mol. The molecule has 1 unspecified atom stereocenters. The van der Waals surface area contributed by atoms with Gasteiger partial charge in [0, 0.05) is 38.3 Å². The summed E-state index contributed by atoms with van der Waals surface area (Å²) in [5.74, 6) is -0.242. The topological polar surface area (TPSA) is 29.3 Å². The second-order valence-corrected chi connectivity index (χ2v) is 7.33. The average molecular weight is 422 g/mol. The van der Waals surface area contributed by atoms with Gasteiger partial charge in [0.05, 0.1) is 0 Å². The van der Waals surface area contributed by atoms with Crippen LogP contribution in [0.3, 0.4) is 0 Å². The molecule has 0 aliphatic rings. The van der Waals surface area contributed by atoms with Crippen LogP contribution in [0.1, 0.15) is 16.5 Å². The van der Waals surface area contributed by atoms with E-state index >= 15 is 0 Å². The van der Waals surface area contributed by atoms with E-state index < -0.39 is 0 Å². The number of likely N-dealkylation sites (N-methyl/N-ethyl adjacent to an activating group) is 1. The Morgan fingerprint density at radius 1 is 1.35 bits per heavy atom. The lowest BCUT2D eigenvalue weighted by Gasteiger charge is -2.27. The van der Waals surface area contributed by atoms with Crippen LogP contribution in [0.4, 0.5) is 4.39 Å². The first kappa shape index (κ1) is 16.1. The van der Waals surface area contributed by atoms with Gasteiger partial charge in [0.2, 0.25) is 0 Å². The number of hydrogen-bond acceptors (Lipinski definition) is 3. The Kier molecular flexibility index (Phi) is 5.74. The predicted octanol–water partition coefficient (Wildman–Crippen LogP) is 4.54. The second kappa shape index (κ2) is 7.13. The summed E-state index contributed by atoms with van der Waals surface area (Å²) in [6.07, 6.45) is 0. The monoisotopic (exact) mass is 420 g/mol. The van der Waals surface area contributed by atoms with Crippen molar-refractivity contribution in [2.24, 2.45) is 5.73 Å². The Bertz CT molecular complexity index is 588. The number of nitrogens with two attached hydrogens (primary N) is 1. The molecule has 2 N–H and O–H groups in total. The van der Waals surface area contributed by atoms with E-state index in [0.717, 1.165) is 21.1 Å². The maximum Gasteiger partial charge on any atom is 0.123 e. The average Bonchev–Trinajstić information content (AvgIpc) is 2.80. The van der Waals surface area contributed by atoms with Crippen LogP contribution in [0.25, 0.3) is 0 Å². The van der Waals surface area contributed by atoms with Gasteiger partial charge in [-0.2, -0.15) is 0 Å². The van der Waals surface area contributed by atoms with Crippen LogP contribution in [-0.2, 0) is 6.54 Å². The highest BCUT2D eigenvalue weighted by Crippen LogP contribution is 2.29. The molecular weight excluding hydrogens is 407 g/mol. The molecule has 6 heteroatoms. The van der Waals surface area contributed by atoms with Crippen LogP contribution in [0.5, 0.6) is 0 Å². The summed E-state index contributed by atoms with van der Waals surface area (Å²) in [6, 6.07) is 6.78. The molecule has 1 heterocycles. The molecule has 0 radical (unpaired) electrons. The fraction of sp³-hybridized carbons (Fsp3) is 0.286. The number of thiophene rings is 1. The summed E-state index contributed by atoms with van der Waals surface area (Å²) in [5.41, 5.74) is 6.77. The van der Waals surface area contributed by atoms with Gasteiger partial charge in [-0.3, -0.25) is 4.90 Å². The number of nitrogens with zero attached hydrogens (tertiary/aromatic N) is 1. The maximum absolute atomic E-state index is 13.5. The Morgan fingerprint density at radius 3 is 2.70 bits per heavy atom. The number of rotatable bonds is 5. The lowest BCUT2D eigenvalue weighted by molar-refractivity contribution is 0.242. The van der Waals surface area contributed by atoms with Crippen LogP contribution < -0.4 is 5.73 Å². The Hall–Kier alpha value is -0.270. The number of halogens is 3. The van der Waals surface area contributed by atoms with E-state index in [4.69, 9.17) is 5.73 Å². The molecule has 2 nitrogen and oxygen atoms in total. The molecule has 0 saturated heterocycles. The van der Waals surface area contributed by atoms with Crippen molar-refractivity contribution in [3.8, 4) is 0 Å². The summed E-state index contributed by atoms with van der Waals surface area (Å²) in [6.45, 7) is 1.21. The second-order valence-electron chi connectivity index (χ2n) is 4.56. The first-order valence-electron chi connectivity index (χ1n) is 6.09. The molecule has 0 saturated carbocycles. The molecule has 0 aliphatic carbocycles. The summed E-state index contributed by atoms with van der Waals surface area (Å²) >= 11 is 8.62. The van der Waals surface area contributed by atoms with Crippen molar-refractivity contribution < 1.29 is 4.39 Å². The van der Waals surface area contributed by atoms with E-state index in [9.17, 15) is 4.39 Å². The standard InChI is InChI=1S/C14H15Br2FN2S/c1-19(7-11-4-9(15)8-20-11)14(6-18)12-5-10(17)2-3-13(12)16/h2-5,8,14H,6-7,18H2,1H3. The Balaban J connectivity index is 2.20. The highest BCUT2D eigenvalue weighted by atomic mass is 79.9. The van der Waals surface area contributed by atoms with Gasteiger partial charge in [-0.25, -0.2) is 4.39 Å². The molecule has 0 amide bonds. The van der Waals surface area contributed by atoms with Gasteiger partial charge in [0.15, 0.2) is 0 Å². The van der Waals surface area contributed by atoms with Crippen molar-refractivity contribution in [2.75, 3.05) is 13.6 Å². The first-order valence-corrected chi connectivity index (χ1v) is 8.56. The molecule has 0 aliphatic heterocycles. The zero-order valence-corrected chi connectivity index (χ0v) is 14.9. The number of benzene rings is 1. The molecular formula is C14H15Br2FN2S. The molecule has 0 fully saturated rings. The van der Waals surface area contributed by atoms with Gasteiger partial charge in [0.1, 0.15) is 5.82 Å². The van der Waals surface area contributed by atoms with Crippen molar-refractivity contribution in [1.29, 1.82) is 0 Å². The molecule has 20 heavy (non-hydrogen) atoms. The third-order valence-corrected chi connectivity index (χ3v) is 5.50. The van der Waals surface area contributed by atoms with E-state index in [-0.39, 0.29) is 11.9 Å². The zero-order valence-electron chi connectivity index (χ0n) is 10.9. The summed E-state index contributed by atoms with van der Waals surface area (Å²) in [7, 11) is 2.00. The highest BCUT2D eigenvalue weighted by molar-refractivity contribution is 9.10. The SMILES string of the molecule is CN(Cc1cc(Br)cs1)C(CN)c1cc(F)ccc1Br. The van der Waals surface area contributed by atoms with Crippen LogP contribution in [0, 0.1) is 5.82 Å². The summed E-state index contributed by atoms with van der Waals surface area (Å²) < 4.78 is 15.4. The minimum absolute atomic E-state index is 0.0269. The fourth-order valence-corrected chi connectivity index (χ4v) is 4.13. The molecule has 0 bridgehead atoms. The zero-order chi connectivity index (χ0) is 14.7. The minimum Gasteiger partial charge on any atom is -0.329 e. The van der Waals surface area contributed by atoms with Gasteiger partial charge in [0.25, 0.3) is 0 Å². The van der Waals surface area contributed by atoms with E-state index in [1.54, 1.807) is 23.5 Å². The van der Waals surface area contributed by atoms with E-state index in [1.165, 1.54) is 10.9 Å². The smallest absolute Gasteiger partial charge is 0.123 e. The van der Waals surface area contributed by atoms with Crippen molar-refractivity contribution in [2.45, 2.75) is 12.6 Å². The lowest BCUT2D eigenvalue weighted by Crippen LogP contribution is -2.30. The van der Waals surface area contributed by atoms with E-state index in [2.05, 4.69) is 48.2 Å². The quantitative estimate of drug-likeness (QED) is 0.767. The molecule has 2 rings (SSSR count). The van der Waals surface area contributed by atoms with Crippen molar-refractivity contribution >= 4 is 43.2 Å². The van der Waals surface area contributed by atoms with Crippen LogP contribution >= 0.6 is 43.2 Å². The van der Waals surface area contributed by atoms with E-state index in [0.29, 0.717) is 6.54 Å². The van der Waals surface area contributed by atoms with Gasteiger partial charge >= 0.3 is 0 Å². The Labute approximate surface area is 139 Å². The normalized spacial score (nSPS) is 12.9. The molecule has 2 aromatic rings. The van der Waals surface area contributed by atoms with Crippen LogP contribution in [0.2, 0.25) is 0 Å². The third-order valence-electron chi connectivity index (χ3n) is 3.10. The van der Waals surface area contributed by atoms with Crippen LogP contribution in [-0.4, -0.2) is 18.5 Å². The van der Waals surface area contributed by atoms with Gasteiger partial charge in [-0.1, -0.05) is 15.9 Å². The highest BCUT2D eigenvalue weighted by Gasteiger charge is 2.19. The lowest BCUT2D eigenvalue weighted by atomic mass is 10.1. The summed E-state index contributed by atoms with van der Waals surface area (Å²) in [5, 5.41) is 2.05. The maximum atomic E-state index is 13.5. The third kappa shape index (κ3) is 3.89. The van der Waals surface area contributed by atoms with Crippen LogP contribution in [0.15, 0.2) is 38.6 Å². The molecule has 0 spiro atoms. The fourth-order valence-electron chi connectivity index (χ4n) is 2.11. The summed E-state index contributed by atoms with van der Waals surface area (Å²) in [4.78, 5) is 3.38. The molecule has 1 atom stereocenters. The number of hydrogen-bond donors (Lipinski definition) is 1. The van der Waals surface area contributed by atoms with Gasteiger partial charge < -0.3 is 5.73 Å². The minimum atomic E-state index is -0.242. The Morgan fingerprint density at radius 2 is 2.10 bits per heavy atom.